The van der Waals surface area contributed by atoms with Crippen LogP contribution in [0.1, 0.15) is 19.3 Å². The molecule has 0 fully saturated rings. The van der Waals surface area contributed by atoms with Gasteiger partial charge in [-0.15, -0.1) is 0 Å². The van der Waals surface area contributed by atoms with Crippen molar-refractivity contribution in [2.75, 3.05) is 158 Å². The Morgan fingerprint density at radius 1 is 0.367 bits per heavy atom. The number of thiocarbonyl (C=S) groups is 3. The summed E-state index contributed by atoms with van der Waals surface area (Å²) in [6.45, 7) is 9.96. The van der Waals surface area contributed by atoms with Gasteiger partial charge in [0.25, 0.3) is 15.5 Å². The molecule has 0 spiro atoms. The first-order chi connectivity index (χ1) is 23.8. The summed E-state index contributed by atoms with van der Waals surface area (Å²) in [7, 11) is 0. The summed E-state index contributed by atoms with van der Waals surface area (Å²) in [5.41, 5.74) is 0. The maximum absolute atomic E-state index is 9.15. The fraction of sp³-hybridized carbons (Fsp3) is 0.900. The van der Waals surface area contributed by atoms with Gasteiger partial charge in [-0.1, -0.05) is 0 Å². The molecule has 0 bridgehead atoms. The number of hydrogen-bond acceptors (Lipinski definition) is 16. The Bertz CT molecular complexity index is 698. The van der Waals surface area contributed by atoms with Crippen LogP contribution in [-0.4, -0.2) is 223 Å². The molecule has 0 rings (SSSR count). The van der Waals surface area contributed by atoms with Crippen molar-refractivity contribution in [2.45, 2.75) is 19.3 Å². The van der Waals surface area contributed by atoms with Gasteiger partial charge in [-0.25, -0.2) is 0 Å². The Balaban J connectivity index is 4.63. The van der Waals surface area contributed by atoms with E-state index in [1.165, 1.54) is 0 Å². The summed E-state index contributed by atoms with van der Waals surface area (Å²) in [4.78, 5) is 8.04. The first kappa shape index (κ1) is 47.7. The summed E-state index contributed by atoms with van der Waals surface area (Å²) in [5.74, 6) is 0. The number of nitrogens with one attached hydrogen (secondary N) is 3. The molecule has 0 atom stereocenters. The Morgan fingerprint density at radius 2 is 0.592 bits per heavy atom. The Morgan fingerprint density at radius 3 is 0.816 bits per heavy atom. The van der Waals surface area contributed by atoms with E-state index in [0.717, 1.165) is 38.9 Å². The molecular weight excluding hydrogens is 699 g/mol. The van der Waals surface area contributed by atoms with Crippen molar-refractivity contribution in [3.63, 3.8) is 0 Å². The van der Waals surface area contributed by atoms with Gasteiger partial charge in [-0.05, 0) is 75.6 Å². The van der Waals surface area contributed by atoms with E-state index in [0.29, 0.717) is 114 Å². The molecule has 16 nitrogen and oxygen atoms in total. The topological polar surface area (TPSA) is 198 Å². The molecular formula is C30H63N7O9S3. The molecule has 9 N–H and O–H groups in total. The van der Waals surface area contributed by atoms with Crippen LogP contribution in [0.3, 0.4) is 0 Å². The maximum Gasteiger partial charge on any atom is 0.256 e. The zero-order valence-corrected chi connectivity index (χ0v) is 31.5. The first-order valence-corrected chi connectivity index (χ1v) is 18.3. The van der Waals surface area contributed by atoms with E-state index in [2.05, 4.69) is 20.9 Å². The summed E-state index contributed by atoms with van der Waals surface area (Å²) in [6.07, 6.45) is 2.33. The van der Waals surface area contributed by atoms with Gasteiger partial charge in [0.1, 0.15) is 19.8 Å². The van der Waals surface area contributed by atoms with Crippen molar-refractivity contribution in [3.05, 3.63) is 0 Å². The van der Waals surface area contributed by atoms with Gasteiger partial charge in [-0.3, -0.25) is 19.6 Å². The molecule has 0 heterocycles. The normalized spacial score (nSPS) is 11.4. The molecule has 290 valence electrons. The maximum atomic E-state index is 9.15. The average molecular weight is 762 g/mol. The highest BCUT2D eigenvalue weighted by atomic mass is 32.1. The van der Waals surface area contributed by atoms with Crippen LogP contribution in [0.2, 0.25) is 0 Å². The second kappa shape index (κ2) is 35.1. The predicted molar refractivity (Wildman–Crippen MR) is 202 cm³/mol. The van der Waals surface area contributed by atoms with E-state index in [9.17, 15) is 0 Å². The van der Waals surface area contributed by atoms with Gasteiger partial charge in [0.2, 0.25) is 0 Å². The second-order valence-corrected chi connectivity index (χ2v) is 12.1. The van der Waals surface area contributed by atoms with Gasteiger partial charge in [0.05, 0.1) is 39.6 Å². The molecule has 49 heavy (non-hydrogen) atoms. The highest BCUT2D eigenvalue weighted by Crippen LogP contribution is 1.96. The van der Waals surface area contributed by atoms with Gasteiger partial charge >= 0.3 is 0 Å². The molecule has 0 aromatic rings. The van der Waals surface area contributed by atoms with Gasteiger partial charge in [0, 0.05) is 78.5 Å². The number of rotatable bonds is 33. The number of aliphatic hydroxyl groups excluding tert-OH is 6. The van der Waals surface area contributed by atoms with E-state index in [1.807, 2.05) is 14.7 Å². The third kappa shape index (κ3) is 30.0. The molecule has 0 aliphatic carbocycles. The molecule has 0 aliphatic rings. The molecule has 0 amide bonds. The SMILES string of the molecule is OCCN(CCO)CCCNC(=S)OCCN(CCOC(=S)NCCCN(CCO)CCO)CCOC(=S)NCCCN(CCO)CCO. The van der Waals surface area contributed by atoms with Crippen LogP contribution in [0.15, 0.2) is 0 Å². The predicted octanol–water partition coefficient (Wildman–Crippen LogP) is -3.01. The van der Waals surface area contributed by atoms with Crippen molar-refractivity contribution in [3.8, 4) is 0 Å². The van der Waals surface area contributed by atoms with Gasteiger partial charge in [-0.2, -0.15) is 0 Å². The average Bonchev–Trinajstić information content (AvgIpc) is 3.07. The Kier molecular flexibility index (Phi) is 34.1. The molecule has 0 radical (unpaired) electrons. The lowest BCUT2D eigenvalue weighted by atomic mass is 10.3. The minimum atomic E-state index is 0.0420. The van der Waals surface area contributed by atoms with Crippen molar-refractivity contribution in [2.24, 2.45) is 0 Å². The Labute approximate surface area is 308 Å². The van der Waals surface area contributed by atoms with Crippen LogP contribution in [0.4, 0.5) is 0 Å². The minimum absolute atomic E-state index is 0.0420. The van der Waals surface area contributed by atoms with E-state index >= 15 is 0 Å². The standard InChI is InChI=1S/C30H63N7O9S3/c38-19-10-34(11-20-39)7-1-4-31-28(47)44-25-16-37(17-26-45-29(48)32-5-2-8-35(12-21-40)13-22-41)18-27-46-30(49)33-6-3-9-36(14-23-42)15-24-43/h38-43H,1-27H2,(H,31,47)(H,32,48)(H,33,49). The summed E-state index contributed by atoms with van der Waals surface area (Å²) >= 11 is 16.0. The third-order valence-electron chi connectivity index (χ3n) is 7.18. The largest absolute Gasteiger partial charge is 0.470 e. The van der Waals surface area contributed by atoms with Gasteiger partial charge in [0.15, 0.2) is 0 Å². The lowest BCUT2D eigenvalue weighted by Gasteiger charge is -2.23. The quantitative estimate of drug-likeness (QED) is 0.0242. The first-order valence-electron chi connectivity index (χ1n) is 17.1. The fourth-order valence-corrected chi connectivity index (χ4v) is 5.18. The monoisotopic (exact) mass is 761 g/mol. The summed E-state index contributed by atoms with van der Waals surface area (Å²) in [6, 6.07) is 0. The molecule has 0 saturated heterocycles. The number of aliphatic hydroxyl groups is 6. The minimum Gasteiger partial charge on any atom is -0.470 e. The molecule has 0 saturated carbocycles. The molecule has 0 unspecified atom stereocenters. The zero-order valence-electron chi connectivity index (χ0n) is 29.0. The van der Waals surface area contributed by atoms with E-state index in [4.69, 9.17) is 81.5 Å². The van der Waals surface area contributed by atoms with E-state index < -0.39 is 0 Å². The molecule has 19 heteroatoms. The summed E-state index contributed by atoms with van der Waals surface area (Å²) < 4.78 is 17.2. The van der Waals surface area contributed by atoms with Crippen LogP contribution in [0.25, 0.3) is 0 Å². The van der Waals surface area contributed by atoms with Crippen LogP contribution < -0.4 is 16.0 Å². The van der Waals surface area contributed by atoms with Crippen molar-refractivity contribution in [1.29, 1.82) is 0 Å². The van der Waals surface area contributed by atoms with Crippen LogP contribution >= 0.6 is 36.7 Å². The highest BCUT2D eigenvalue weighted by molar-refractivity contribution is 7.80. The fourth-order valence-electron chi connectivity index (χ4n) is 4.62. The molecule has 0 aromatic carbocycles. The van der Waals surface area contributed by atoms with Crippen LogP contribution in [0.5, 0.6) is 0 Å². The lowest BCUT2D eigenvalue weighted by molar-refractivity contribution is 0.142. The number of ether oxygens (including phenoxy) is 3. The van der Waals surface area contributed by atoms with Crippen LogP contribution in [-0.2, 0) is 14.2 Å². The molecule has 0 aliphatic heterocycles. The second-order valence-electron chi connectivity index (χ2n) is 11.0. The van der Waals surface area contributed by atoms with E-state index in [-0.39, 0.29) is 39.6 Å². The van der Waals surface area contributed by atoms with Crippen molar-refractivity contribution in [1.82, 2.24) is 35.6 Å². The Hall–Kier alpha value is -1.33. The van der Waals surface area contributed by atoms with Gasteiger partial charge < -0.3 is 60.8 Å². The van der Waals surface area contributed by atoms with Crippen molar-refractivity contribution >= 4 is 52.2 Å². The highest BCUT2D eigenvalue weighted by Gasteiger charge is 2.10. The smallest absolute Gasteiger partial charge is 0.256 e. The molecule has 0 aromatic heterocycles. The third-order valence-corrected chi connectivity index (χ3v) is 7.97. The zero-order chi connectivity index (χ0) is 36.4. The van der Waals surface area contributed by atoms with E-state index in [1.54, 1.807) is 0 Å². The van der Waals surface area contributed by atoms with Crippen molar-refractivity contribution < 1.29 is 44.8 Å². The summed E-state index contributed by atoms with van der Waals surface area (Å²) in [5, 5.41) is 65.0. The van der Waals surface area contributed by atoms with Crippen LogP contribution in [0, 0.1) is 0 Å². The number of hydrogen-bond donors (Lipinski definition) is 9. The number of nitrogens with zero attached hydrogens (tertiary/aromatic N) is 4. The lowest BCUT2D eigenvalue weighted by Crippen LogP contribution is -2.38.